The second-order valence-corrected chi connectivity index (χ2v) is 5.14. The number of ketones is 1. The first-order valence-electron chi connectivity index (χ1n) is 7.21. The van der Waals surface area contributed by atoms with Crippen LogP contribution in [-0.4, -0.2) is 38.1 Å². The van der Waals surface area contributed by atoms with Gasteiger partial charge < -0.3 is 14.8 Å². The predicted molar refractivity (Wildman–Crippen MR) is 78.7 cm³/mol. The van der Waals surface area contributed by atoms with Crippen molar-refractivity contribution in [3.8, 4) is 5.75 Å². The zero-order valence-electron chi connectivity index (χ0n) is 12.5. The van der Waals surface area contributed by atoms with Crippen molar-refractivity contribution in [2.24, 2.45) is 0 Å². The number of rotatable bonds is 6. The maximum absolute atomic E-state index is 11.9. The van der Waals surface area contributed by atoms with Crippen molar-refractivity contribution in [2.75, 3.05) is 20.3 Å². The van der Waals surface area contributed by atoms with Crippen LogP contribution in [0, 0.1) is 0 Å². The van der Waals surface area contributed by atoms with Gasteiger partial charge in [-0.2, -0.15) is 0 Å². The Bertz CT molecular complexity index is 527. The highest BCUT2D eigenvalue weighted by Gasteiger charge is 2.19. The molecule has 5 nitrogen and oxygen atoms in total. The van der Waals surface area contributed by atoms with Crippen LogP contribution in [0.15, 0.2) is 18.2 Å². The van der Waals surface area contributed by atoms with E-state index in [4.69, 9.17) is 9.47 Å². The summed E-state index contributed by atoms with van der Waals surface area (Å²) >= 11 is 0. The molecule has 0 heterocycles. The van der Waals surface area contributed by atoms with Gasteiger partial charge in [-0.15, -0.1) is 0 Å². The molecule has 1 unspecified atom stereocenters. The Morgan fingerprint density at radius 3 is 2.95 bits per heavy atom. The van der Waals surface area contributed by atoms with Crippen LogP contribution in [0.1, 0.15) is 35.7 Å². The number of hydrogen-bond donors (Lipinski definition) is 1. The van der Waals surface area contributed by atoms with Crippen LogP contribution in [0.2, 0.25) is 0 Å². The molecular formula is C16H21NO4. The summed E-state index contributed by atoms with van der Waals surface area (Å²) < 4.78 is 10.5. The summed E-state index contributed by atoms with van der Waals surface area (Å²) in [5.74, 6) is 0.508. The molecule has 0 radical (unpaired) electrons. The largest absolute Gasteiger partial charge is 0.481 e. The summed E-state index contributed by atoms with van der Waals surface area (Å²) in [5, 5.41) is 2.72. The average molecular weight is 291 g/mol. The van der Waals surface area contributed by atoms with Gasteiger partial charge in [0, 0.05) is 25.6 Å². The molecule has 1 aliphatic carbocycles. The molecule has 1 aromatic carbocycles. The average Bonchev–Trinajstić information content (AvgIpc) is 2.48. The standard InChI is InChI=1S/C16H21NO4/c1-11(16(19)17-8-9-20-2)21-13-7-6-12-4-3-5-15(18)14(12)10-13/h6-7,10-11H,3-5,8-9H2,1-2H3,(H,17,19). The molecule has 114 valence electrons. The molecular weight excluding hydrogens is 270 g/mol. The van der Waals surface area contributed by atoms with Crippen molar-refractivity contribution in [1.82, 2.24) is 5.32 Å². The van der Waals surface area contributed by atoms with E-state index in [1.54, 1.807) is 20.1 Å². The Morgan fingerprint density at radius 2 is 2.19 bits per heavy atom. The number of carbonyl (C=O) groups is 2. The molecule has 21 heavy (non-hydrogen) atoms. The van der Waals surface area contributed by atoms with Crippen LogP contribution < -0.4 is 10.1 Å². The number of amides is 1. The number of fused-ring (bicyclic) bond motifs is 1. The van der Waals surface area contributed by atoms with Crippen molar-refractivity contribution in [1.29, 1.82) is 0 Å². The minimum Gasteiger partial charge on any atom is -0.481 e. The molecule has 1 aliphatic rings. The lowest BCUT2D eigenvalue weighted by atomic mass is 9.90. The predicted octanol–water partition coefficient (Wildman–Crippen LogP) is 1.74. The number of Topliss-reactive ketones (excluding diaryl/α,β-unsaturated/α-hetero) is 1. The first-order chi connectivity index (χ1) is 10.1. The van der Waals surface area contributed by atoms with Gasteiger partial charge in [0.1, 0.15) is 5.75 Å². The Morgan fingerprint density at radius 1 is 1.38 bits per heavy atom. The molecule has 0 saturated heterocycles. The first kappa shape index (κ1) is 15.5. The molecule has 1 atom stereocenters. The zero-order valence-corrected chi connectivity index (χ0v) is 12.5. The number of ether oxygens (including phenoxy) is 2. The van der Waals surface area contributed by atoms with Gasteiger partial charge in [-0.05, 0) is 37.5 Å². The minimum absolute atomic E-state index is 0.152. The van der Waals surface area contributed by atoms with E-state index in [-0.39, 0.29) is 11.7 Å². The van der Waals surface area contributed by atoms with Gasteiger partial charge in [0.25, 0.3) is 5.91 Å². The van der Waals surface area contributed by atoms with Gasteiger partial charge >= 0.3 is 0 Å². The molecule has 0 spiro atoms. The fraction of sp³-hybridized carbons (Fsp3) is 0.500. The molecule has 0 saturated carbocycles. The van der Waals surface area contributed by atoms with Crippen molar-refractivity contribution < 1.29 is 19.1 Å². The first-order valence-corrected chi connectivity index (χ1v) is 7.21. The third-order valence-electron chi connectivity index (χ3n) is 3.52. The lowest BCUT2D eigenvalue weighted by molar-refractivity contribution is -0.127. The molecule has 2 rings (SSSR count). The van der Waals surface area contributed by atoms with Gasteiger partial charge in [-0.3, -0.25) is 9.59 Å². The smallest absolute Gasteiger partial charge is 0.260 e. The van der Waals surface area contributed by atoms with E-state index in [0.717, 1.165) is 24.0 Å². The molecule has 0 aromatic heterocycles. The topological polar surface area (TPSA) is 64.6 Å². The summed E-state index contributed by atoms with van der Waals surface area (Å²) in [6.45, 7) is 2.60. The van der Waals surface area contributed by atoms with E-state index in [1.807, 2.05) is 12.1 Å². The number of nitrogens with one attached hydrogen (secondary N) is 1. The van der Waals surface area contributed by atoms with E-state index in [2.05, 4.69) is 5.32 Å². The highest BCUT2D eigenvalue weighted by atomic mass is 16.5. The van der Waals surface area contributed by atoms with Gasteiger partial charge in [-0.1, -0.05) is 6.07 Å². The van der Waals surface area contributed by atoms with Gasteiger partial charge in [0.2, 0.25) is 0 Å². The Kier molecular flexibility index (Phi) is 5.33. The molecule has 1 N–H and O–H groups in total. The lowest BCUT2D eigenvalue weighted by Gasteiger charge is -2.18. The molecule has 0 bridgehead atoms. The number of methoxy groups -OCH3 is 1. The van der Waals surface area contributed by atoms with E-state index in [0.29, 0.717) is 25.3 Å². The van der Waals surface area contributed by atoms with E-state index < -0.39 is 6.10 Å². The quantitative estimate of drug-likeness (QED) is 0.811. The van der Waals surface area contributed by atoms with Crippen LogP contribution in [0.4, 0.5) is 0 Å². The van der Waals surface area contributed by atoms with Gasteiger partial charge in [-0.25, -0.2) is 0 Å². The summed E-state index contributed by atoms with van der Waals surface area (Å²) in [7, 11) is 1.58. The number of hydrogen-bond acceptors (Lipinski definition) is 4. The van der Waals surface area contributed by atoms with Gasteiger partial charge in [0.05, 0.1) is 6.61 Å². The van der Waals surface area contributed by atoms with Crippen LogP contribution in [-0.2, 0) is 16.0 Å². The van der Waals surface area contributed by atoms with Crippen molar-refractivity contribution >= 4 is 11.7 Å². The fourth-order valence-corrected chi connectivity index (χ4v) is 2.36. The van der Waals surface area contributed by atoms with Crippen LogP contribution in [0.5, 0.6) is 5.75 Å². The molecule has 0 fully saturated rings. The highest BCUT2D eigenvalue weighted by molar-refractivity contribution is 5.98. The van der Waals surface area contributed by atoms with Crippen molar-refractivity contribution in [3.63, 3.8) is 0 Å². The molecule has 0 aliphatic heterocycles. The molecule has 1 amide bonds. The van der Waals surface area contributed by atoms with Crippen molar-refractivity contribution in [2.45, 2.75) is 32.3 Å². The summed E-state index contributed by atoms with van der Waals surface area (Å²) in [6.07, 6.45) is 1.81. The van der Waals surface area contributed by atoms with Crippen LogP contribution in [0.25, 0.3) is 0 Å². The molecule has 5 heteroatoms. The SMILES string of the molecule is COCCNC(=O)C(C)Oc1ccc2c(c1)C(=O)CCC2. The Hall–Kier alpha value is -1.88. The summed E-state index contributed by atoms with van der Waals surface area (Å²) in [4.78, 5) is 23.7. The van der Waals surface area contributed by atoms with E-state index in [9.17, 15) is 9.59 Å². The second kappa shape index (κ2) is 7.22. The second-order valence-electron chi connectivity index (χ2n) is 5.14. The number of aryl methyl sites for hydroxylation is 1. The monoisotopic (exact) mass is 291 g/mol. The van der Waals surface area contributed by atoms with Crippen LogP contribution in [0.3, 0.4) is 0 Å². The minimum atomic E-state index is -0.612. The third-order valence-corrected chi connectivity index (χ3v) is 3.52. The maximum Gasteiger partial charge on any atom is 0.260 e. The normalized spacial score (nSPS) is 15.2. The third kappa shape index (κ3) is 4.04. The highest BCUT2D eigenvalue weighted by Crippen LogP contribution is 2.25. The van der Waals surface area contributed by atoms with Crippen molar-refractivity contribution in [3.05, 3.63) is 29.3 Å². The summed E-state index contributed by atoms with van der Waals surface area (Å²) in [5.41, 5.74) is 1.79. The lowest BCUT2D eigenvalue weighted by Crippen LogP contribution is -2.37. The maximum atomic E-state index is 11.9. The Balaban J connectivity index is 1.98. The summed E-state index contributed by atoms with van der Waals surface area (Å²) in [6, 6.07) is 5.48. The number of benzene rings is 1. The zero-order chi connectivity index (χ0) is 15.2. The van der Waals surface area contributed by atoms with E-state index >= 15 is 0 Å². The molecule has 1 aromatic rings. The van der Waals surface area contributed by atoms with Crippen LogP contribution >= 0.6 is 0 Å². The van der Waals surface area contributed by atoms with E-state index in [1.165, 1.54) is 0 Å². The Labute approximate surface area is 124 Å². The fourth-order valence-electron chi connectivity index (χ4n) is 2.36. The van der Waals surface area contributed by atoms with Gasteiger partial charge in [0.15, 0.2) is 11.9 Å². The number of carbonyl (C=O) groups excluding carboxylic acids is 2.